The van der Waals surface area contributed by atoms with Crippen LogP contribution in [0.1, 0.15) is 25.7 Å². The molecule has 0 saturated carbocycles. The third-order valence-corrected chi connectivity index (χ3v) is 4.19. The van der Waals surface area contributed by atoms with Crippen molar-refractivity contribution in [3.8, 4) is 0 Å². The third kappa shape index (κ3) is 2.71. The van der Waals surface area contributed by atoms with Crippen molar-refractivity contribution in [2.75, 3.05) is 31.6 Å². The summed E-state index contributed by atoms with van der Waals surface area (Å²) in [7, 11) is 0. The van der Waals surface area contributed by atoms with E-state index in [-0.39, 0.29) is 0 Å². The van der Waals surface area contributed by atoms with Crippen molar-refractivity contribution in [1.29, 1.82) is 0 Å². The average molecular weight is 262 g/mol. The fourth-order valence-electron chi connectivity index (χ4n) is 2.53. The van der Waals surface area contributed by atoms with E-state index >= 15 is 0 Å². The Morgan fingerprint density at radius 1 is 1.29 bits per heavy atom. The normalized spacial score (nSPS) is 34.9. The first-order valence-electron chi connectivity index (χ1n) is 5.78. The Labute approximate surface area is 95.1 Å². The van der Waals surface area contributed by atoms with Gasteiger partial charge in [0, 0.05) is 24.5 Å². The summed E-state index contributed by atoms with van der Waals surface area (Å²) >= 11 is 3.63. The number of hydrogen-bond donors (Lipinski definition) is 0. The number of piperidine rings is 1. The second-order valence-corrected chi connectivity index (χ2v) is 5.18. The molecule has 0 radical (unpaired) electrons. The van der Waals surface area contributed by atoms with Gasteiger partial charge in [0.15, 0.2) is 0 Å². The molecule has 0 bridgehead atoms. The molecule has 82 valence electrons. The van der Waals surface area contributed by atoms with Crippen molar-refractivity contribution in [3.05, 3.63) is 0 Å². The Morgan fingerprint density at radius 2 is 2.21 bits per heavy atom. The van der Waals surface area contributed by atoms with Crippen LogP contribution in [0, 0.1) is 5.92 Å². The van der Waals surface area contributed by atoms with Gasteiger partial charge in [-0.2, -0.15) is 0 Å². The van der Waals surface area contributed by atoms with Crippen molar-refractivity contribution in [3.63, 3.8) is 0 Å². The highest BCUT2D eigenvalue weighted by Crippen LogP contribution is 2.22. The molecule has 2 aliphatic rings. The van der Waals surface area contributed by atoms with E-state index in [2.05, 4.69) is 20.8 Å². The predicted molar refractivity (Wildman–Crippen MR) is 61.9 cm³/mol. The maximum absolute atomic E-state index is 5.43. The molecule has 0 aromatic heterocycles. The first-order chi connectivity index (χ1) is 6.90. The molecular formula is C11H20BrNO. The van der Waals surface area contributed by atoms with Gasteiger partial charge < -0.3 is 4.74 Å². The summed E-state index contributed by atoms with van der Waals surface area (Å²) in [6.07, 6.45) is 5.44. The van der Waals surface area contributed by atoms with Crippen molar-refractivity contribution in [2.45, 2.75) is 31.7 Å². The van der Waals surface area contributed by atoms with Crippen molar-refractivity contribution < 1.29 is 4.74 Å². The lowest BCUT2D eigenvalue weighted by Crippen LogP contribution is -2.43. The van der Waals surface area contributed by atoms with Crippen molar-refractivity contribution >= 4 is 15.9 Å². The minimum atomic E-state index is 0.782. The predicted octanol–water partition coefficient (Wildman–Crippen LogP) is 2.27. The number of halogens is 1. The quantitative estimate of drug-likeness (QED) is 0.723. The molecular weight excluding hydrogens is 242 g/mol. The van der Waals surface area contributed by atoms with E-state index in [0.29, 0.717) is 0 Å². The first-order valence-corrected chi connectivity index (χ1v) is 6.90. The summed E-state index contributed by atoms with van der Waals surface area (Å²) < 4.78 is 5.43. The number of likely N-dealkylation sites (tertiary alicyclic amines) is 1. The lowest BCUT2D eigenvalue weighted by atomic mass is 10.0. The molecule has 0 N–H and O–H groups in total. The fourth-order valence-corrected chi connectivity index (χ4v) is 3.27. The van der Waals surface area contributed by atoms with Gasteiger partial charge in [-0.25, -0.2) is 0 Å². The molecule has 2 nitrogen and oxygen atoms in total. The molecule has 0 aromatic carbocycles. The number of hydrogen-bond acceptors (Lipinski definition) is 2. The summed E-state index contributed by atoms with van der Waals surface area (Å²) in [5, 5.41) is 1.14. The van der Waals surface area contributed by atoms with E-state index in [0.717, 1.165) is 30.5 Å². The molecule has 2 rings (SSSR count). The summed E-state index contributed by atoms with van der Waals surface area (Å²) in [4.78, 5) is 2.66. The molecule has 2 heterocycles. The van der Waals surface area contributed by atoms with Gasteiger partial charge in [0.25, 0.3) is 0 Å². The molecule has 2 aliphatic heterocycles. The van der Waals surface area contributed by atoms with Gasteiger partial charge in [-0.1, -0.05) is 22.4 Å². The molecule has 3 heteroatoms. The van der Waals surface area contributed by atoms with Crippen LogP contribution in [0.25, 0.3) is 0 Å². The zero-order valence-electron chi connectivity index (χ0n) is 8.75. The summed E-state index contributed by atoms with van der Waals surface area (Å²) in [6.45, 7) is 4.53. The Hall–Kier alpha value is 0.400. The SMILES string of the molecule is BrCC1CCCCN1CC1CCOC1. The van der Waals surface area contributed by atoms with E-state index in [1.807, 2.05) is 0 Å². The van der Waals surface area contributed by atoms with Crippen molar-refractivity contribution in [1.82, 2.24) is 4.90 Å². The van der Waals surface area contributed by atoms with E-state index in [1.54, 1.807) is 0 Å². The summed E-state index contributed by atoms with van der Waals surface area (Å²) in [5.41, 5.74) is 0. The summed E-state index contributed by atoms with van der Waals surface area (Å²) in [6, 6.07) is 0.782. The Balaban J connectivity index is 1.81. The highest BCUT2D eigenvalue weighted by Gasteiger charge is 2.25. The Bertz CT molecular complexity index is 171. The second-order valence-electron chi connectivity index (χ2n) is 4.53. The lowest BCUT2D eigenvalue weighted by molar-refractivity contribution is 0.125. The van der Waals surface area contributed by atoms with Gasteiger partial charge in [0.05, 0.1) is 6.61 Å². The molecule has 2 fully saturated rings. The molecule has 14 heavy (non-hydrogen) atoms. The van der Waals surface area contributed by atoms with Gasteiger partial charge >= 0.3 is 0 Å². The zero-order valence-corrected chi connectivity index (χ0v) is 10.3. The Kier molecular flexibility index (Phi) is 4.26. The van der Waals surface area contributed by atoms with Gasteiger partial charge in [-0.05, 0) is 31.7 Å². The molecule has 0 amide bonds. The molecule has 0 aliphatic carbocycles. The lowest BCUT2D eigenvalue weighted by Gasteiger charge is -2.36. The number of nitrogens with zero attached hydrogens (tertiary/aromatic N) is 1. The minimum Gasteiger partial charge on any atom is -0.381 e. The molecule has 2 unspecified atom stereocenters. The van der Waals surface area contributed by atoms with E-state index in [1.165, 1.54) is 38.8 Å². The van der Waals surface area contributed by atoms with E-state index in [9.17, 15) is 0 Å². The van der Waals surface area contributed by atoms with E-state index in [4.69, 9.17) is 4.74 Å². The van der Waals surface area contributed by atoms with Gasteiger partial charge in [0.1, 0.15) is 0 Å². The fraction of sp³-hybridized carbons (Fsp3) is 1.00. The minimum absolute atomic E-state index is 0.782. The highest BCUT2D eigenvalue weighted by atomic mass is 79.9. The summed E-state index contributed by atoms with van der Waals surface area (Å²) in [5.74, 6) is 0.801. The number of rotatable bonds is 3. The largest absolute Gasteiger partial charge is 0.381 e. The van der Waals surface area contributed by atoms with Crippen LogP contribution < -0.4 is 0 Å². The van der Waals surface area contributed by atoms with Gasteiger partial charge in [0.2, 0.25) is 0 Å². The molecule has 2 saturated heterocycles. The smallest absolute Gasteiger partial charge is 0.0507 e. The van der Waals surface area contributed by atoms with Gasteiger partial charge in [-0.15, -0.1) is 0 Å². The monoisotopic (exact) mass is 261 g/mol. The van der Waals surface area contributed by atoms with Crippen LogP contribution in [-0.4, -0.2) is 42.6 Å². The standard InChI is InChI=1S/C11H20BrNO/c12-7-11-3-1-2-5-13(11)8-10-4-6-14-9-10/h10-11H,1-9H2. The number of ether oxygens (including phenoxy) is 1. The van der Waals surface area contributed by atoms with Crippen molar-refractivity contribution in [2.24, 2.45) is 5.92 Å². The average Bonchev–Trinajstić information content (AvgIpc) is 2.71. The van der Waals surface area contributed by atoms with Crippen LogP contribution in [0.5, 0.6) is 0 Å². The van der Waals surface area contributed by atoms with Crippen LogP contribution >= 0.6 is 15.9 Å². The Morgan fingerprint density at radius 3 is 2.93 bits per heavy atom. The van der Waals surface area contributed by atoms with Gasteiger partial charge in [-0.3, -0.25) is 4.90 Å². The van der Waals surface area contributed by atoms with E-state index < -0.39 is 0 Å². The zero-order chi connectivity index (χ0) is 9.80. The van der Waals surface area contributed by atoms with Crippen LogP contribution in [0.3, 0.4) is 0 Å². The molecule has 0 spiro atoms. The maximum Gasteiger partial charge on any atom is 0.0507 e. The molecule has 2 atom stereocenters. The second kappa shape index (κ2) is 5.47. The third-order valence-electron chi connectivity index (χ3n) is 3.44. The number of alkyl halides is 1. The van der Waals surface area contributed by atoms with Crippen LogP contribution in [0.2, 0.25) is 0 Å². The first kappa shape index (κ1) is 10.9. The highest BCUT2D eigenvalue weighted by molar-refractivity contribution is 9.09. The molecule has 0 aromatic rings. The maximum atomic E-state index is 5.43. The van der Waals surface area contributed by atoms with Crippen LogP contribution in [0.4, 0.5) is 0 Å². The van der Waals surface area contributed by atoms with Crippen LogP contribution in [-0.2, 0) is 4.74 Å². The topological polar surface area (TPSA) is 12.5 Å². The van der Waals surface area contributed by atoms with Crippen LogP contribution in [0.15, 0.2) is 0 Å².